The quantitative estimate of drug-likeness (QED) is 0.456. The summed E-state index contributed by atoms with van der Waals surface area (Å²) in [5.41, 5.74) is -0.640. The molecule has 1 N–H and O–H groups in total. The third-order valence-electron chi connectivity index (χ3n) is 4.11. The molecule has 1 saturated heterocycles. The minimum atomic E-state index is -0.703. The van der Waals surface area contributed by atoms with Gasteiger partial charge in [0.1, 0.15) is 11.6 Å². The van der Waals surface area contributed by atoms with E-state index >= 15 is 0 Å². The van der Waals surface area contributed by atoms with Gasteiger partial charge in [-0.25, -0.2) is 4.79 Å². The number of hydrogen-bond donors (Lipinski definition) is 1. The fourth-order valence-electron chi connectivity index (χ4n) is 2.74. The Kier molecular flexibility index (Phi) is 6.95. The first-order valence-corrected chi connectivity index (χ1v) is 9.91. The molecule has 2 rings (SSSR count). The minimum Gasteiger partial charge on any atom is -0.458 e. The highest BCUT2D eigenvalue weighted by Crippen LogP contribution is 2.24. The number of aliphatic hydroxyl groups is 1. The number of carbonyl (C=O) groups excluding carboxylic acids is 3. The maximum atomic E-state index is 12.7. The molecule has 0 saturated carbocycles. The first-order chi connectivity index (χ1) is 12.6. The largest absolute Gasteiger partial charge is 0.458 e. The minimum absolute atomic E-state index is 0.0204. The van der Waals surface area contributed by atoms with Gasteiger partial charge in [0.25, 0.3) is 11.7 Å². The topological polar surface area (TPSA) is 83.9 Å². The molecule has 0 bridgehead atoms. The zero-order chi connectivity index (χ0) is 20.2. The molecule has 1 aliphatic rings. The molecule has 0 aliphatic carbocycles. The van der Waals surface area contributed by atoms with Crippen LogP contribution in [-0.4, -0.2) is 52.5 Å². The second kappa shape index (κ2) is 8.80. The number of esters is 1. The van der Waals surface area contributed by atoms with Gasteiger partial charge in [-0.3, -0.25) is 9.59 Å². The van der Waals surface area contributed by atoms with Crippen molar-refractivity contribution in [3.05, 3.63) is 28.0 Å². The molecule has 1 amide bonds. The Morgan fingerprint density at radius 2 is 2.07 bits per heavy atom. The lowest BCUT2D eigenvalue weighted by Crippen LogP contribution is -2.46. The van der Waals surface area contributed by atoms with Crippen molar-refractivity contribution in [3.63, 3.8) is 0 Å². The average Bonchev–Trinajstić information content (AvgIpc) is 3.26. The van der Waals surface area contributed by atoms with E-state index in [9.17, 15) is 14.4 Å². The standard InChI is InChI=1S/C20H27NO5S/c1-13(12-22)7-8-14-9-10-16(27-14)17(23)18(24)21-11-5-6-15(21)19(25)26-20(2,3)4/h7-10,13,15,22H,5-6,11-12H2,1-4H3/b8-7+/t13-,15?/m0/s1. The predicted molar refractivity (Wildman–Crippen MR) is 105 cm³/mol. The molecule has 148 valence electrons. The van der Waals surface area contributed by atoms with Crippen LogP contribution in [0.1, 0.15) is 55.1 Å². The second-order valence-corrected chi connectivity index (χ2v) is 8.86. The first-order valence-electron chi connectivity index (χ1n) is 9.09. The number of Topliss-reactive ketones (excluding diaryl/α,β-unsaturated/α-hetero) is 1. The van der Waals surface area contributed by atoms with E-state index in [1.807, 2.05) is 19.1 Å². The van der Waals surface area contributed by atoms with Crippen molar-refractivity contribution in [3.8, 4) is 0 Å². The Morgan fingerprint density at radius 1 is 1.37 bits per heavy atom. The van der Waals surface area contributed by atoms with Crippen LogP contribution in [0.2, 0.25) is 0 Å². The van der Waals surface area contributed by atoms with Gasteiger partial charge < -0.3 is 14.7 Å². The lowest BCUT2D eigenvalue weighted by Gasteiger charge is -2.26. The third kappa shape index (κ3) is 5.74. The Hall–Kier alpha value is -1.99. The predicted octanol–water partition coefficient (Wildman–Crippen LogP) is 2.91. The number of ketones is 1. The van der Waals surface area contributed by atoms with Crippen LogP contribution in [0.25, 0.3) is 6.08 Å². The smallest absolute Gasteiger partial charge is 0.329 e. The lowest BCUT2D eigenvalue weighted by molar-refractivity contribution is -0.162. The van der Waals surface area contributed by atoms with Crippen LogP contribution in [0.3, 0.4) is 0 Å². The molecular weight excluding hydrogens is 366 g/mol. The van der Waals surface area contributed by atoms with Crippen molar-refractivity contribution in [1.29, 1.82) is 0 Å². The van der Waals surface area contributed by atoms with Crippen molar-refractivity contribution in [2.45, 2.75) is 52.2 Å². The van der Waals surface area contributed by atoms with Crippen LogP contribution >= 0.6 is 11.3 Å². The Labute approximate surface area is 163 Å². The highest BCUT2D eigenvalue weighted by Gasteiger charge is 2.39. The third-order valence-corrected chi connectivity index (χ3v) is 5.16. The first kappa shape index (κ1) is 21.3. The van der Waals surface area contributed by atoms with E-state index < -0.39 is 29.3 Å². The van der Waals surface area contributed by atoms with Gasteiger partial charge in [-0.05, 0) is 57.7 Å². The monoisotopic (exact) mass is 393 g/mol. The number of ether oxygens (including phenoxy) is 1. The molecule has 6 nitrogen and oxygen atoms in total. The molecule has 2 atom stereocenters. The molecule has 1 fully saturated rings. The highest BCUT2D eigenvalue weighted by molar-refractivity contribution is 7.15. The maximum absolute atomic E-state index is 12.7. The number of carbonyl (C=O) groups is 3. The Balaban J connectivity index is 2.08. The lowest BCUT2D eigenvalue weighted by atomic mass is 10.1. The van der Waals surface area contributed by atoms with E-state index in [2.05, 4.69) is 0 Å². The van der Waals surface area contributed by atoms with Gasteiger partial charge in [0.15, 0.2) is 0 Å². The van der Waals surface area contributed by atoms with Gasteiger partial charge in [0.05, 0.1) is 4.88 Å². The summed E-state index contributed by atoms with van der Waals surface area (Å²) in [6.45, 7) is 7.62. The Bertz CT molecular complexity index is 731. The summed E-state index contributed by atoms with van der Waals surface area (Å²) in [7, 11) is 0. The summed E-state index contributed by atoms with van der Waals surface area (Å²) in [5.74, 6) is -1.71. The number of nitrogens with zero attached hydrogens (tertiary/aromatic N) is 1. The molecular formula is C20H27NO5S. The van der Waals surface area contributed by atoms with E-state index in [-0.39, 0.29) is 12.5 Å². The van der Waals surface area contributed by atoms with Gasteiger partial charge in [-0.2, -0.15) is 0 Å². The average molecular weight is 394 g/mol. The normalized spacial score (nSPS) is 18.7. The zero-order valence-electron chi connectivity index (χ0n) is 16.2. The number of rotatable bonds is 6. The number of aliphatic hydroxyl groups excluding tert-OH is 1. The van der Waals surface area contributed by atoms with E-state index in [4.69, 9.17) is 9.84 Å². The number of thiophene rings is 1. The molecule has 0 aromatic carbocycles. The second-order valence-electron chi connectivity index (χ2n) is 7.74. The van der Waals surface area contributed by atoms with Crippen LogP contribution in [0.4, 0.5) is 0 Å². The van der Waals surface area contributed by atoms with Gasteiger partial charge in [0.2, 0.25) is 0 Å². The summed E-state index contributed by atoms with van der Waals surface area (Å²) >= 11 is 1.22. The molecule has 0 radical (unpaired) electrons. The van der Waals surface area contributed by atoms with Crippen molar-refractivity contribution in [2.75, 3.05) is 13.2 Å². The fourth-order valence-corrected chi connectivity index (χ4v) is 3.60. The van der Waals surface area contributed by atoms with Crippen molar-refractivity contribution in [1.82, 2.24) is 4.90 Å². The molecule has 0 spiro atoms. The molecule has 1 aromatic rings. The summed E-state index contributed by atoms with van der Waals surface area (Å²) in [4.78, 5) is 40.1. The zero-order valence-corrected chi connectivity index (χ0v) is 17.0. The summed E-state index contributed by atoms with van der Waals surface area (Å²) < 4.78 is 5.39. The Morgan fingerprint density at radius 3 is 2.70 bits per heavy atom. The van der Waals surface area contributed by atoms with Gasteiger partial charge in [0, 0.05) is 18.0 Å². The molecule has 1 unspecified atom stereocenters. The maximum Gasteiger partial charge on any atom is 0.329 e. The van der Waals surface area contributed by atoms with Crippen molar-refractivity contribution in [2.24, 2.45) is 5.92 Å². The molecule has 1 aliphatic heterocycles. The summed E-state index contributed by atoms with van der Waals surface area (Å²) in [5, 5.41) is 9.05. The van der Waals surface area contributed by atoms with Gasteiger partial charge in [-0.1, -0.05) is 13.0 Å². The fraction of sp³-hybridized carbons (Fsp3) is 0.550. The van der Waals surface area contributed by atoms with Crippen LogP contribution in [-0.2, 0) is 14.3 Å². The molecule has 2 heterocycles. The van der Waals surface area contributed by atoms with Crippen LogP contribution < -0.4 is 0 Å². The van der Waals surface area contributed by atoms with Crippen LogP contribution in [0.5, 0.6) is 0 Å². The van der Waals surface area contributed by atoms with Crippen LogP contribution in [0.15, 0.2) is 18.2 Å². The number of hydrogen-bond acceptors (Lipinski definition) is 6. The van der Waals surface area contributed by atoms with E-state index in [1.165, 1.54) is 16.2 Å². The number of amides is 1. The molecule has 27 heavy (non-hydrogen) atoms. The van der Waals surface area contributed by atoms with Crippen molar-refractivity contribution < 1.29 is 24.2 Å². The summed E-state index contributed by atoms with van der Waals surface area (Å²) in [6.07, 6.45) is 4.85. The van der Waals surface area contributed by atoms with E-state index in [1.54, 1.807) is 32.9 Å². The van der Waals surface area contributed by atoms with Gasteiger partial charge >= 0.3 is 5.97 Å². The van der Waals surface area contributed by atoms with Crippen LogP contribution in [0, 0.1) is 5.92 Å². The highest BCUT2D eigenvalue weighted by atomic mass is 32.1. The molecule has 7 heteroatoms. The van der Waals surface area contributed by atoms with Gasteiger partial charge in [-0.15, -0.1) is 11.3 Å². The van der Waals surface area contributed by atoms with E-state index in [0.29, 0.717) is 24.3 Å². The molecule has 1 aromatic heterocycles. The SMILES string of the molecule is C[C@@H](/C=C/c1ccc(C(=O)C(=O)N2CCCC2C(=O)OC(C)(C)C)s1)CO. The van der Waals surface area contributed by atoms with E-state index in [0.717, 1.165) is 4.88 Å². The van der Waals surface area contributed by atoms with Crippen molar-refractivity contribution >= 4 is 35.1 Å². The number of likely N-dealkylation sites (tertiary alicyclic amines) is 1. The summed E-state index contributed by atoms with van der Waals surface area (Å²) in [6, 6.07) is 2.68.